The largest absolute Gasteiger partial charge is 0.496 e. The van der Waals surface area contributed by atoms with Crippen LogP contribution in [0.3, 0.4) is 0 Å². The molecule has 0 aliphatic rings. The Hall–Kier alpha value is -3.52. The smallest absolute Gasteiger partial charge is 0.261 e. The number of ether oxygens (including phenoxy) is 3. The Bertz CT molecular complexity index is 1120. The molecular formula is C28H31BrN2O5. The number of carbonyl (C=O) groups excluding carboxylic acids is 2. The third kappa shape index (κ3) is 7.75. The van der Waals surface area contributed by atoms with Gasteiger partial charge in [-0.3, -0.25) is 9.59 Å². The average molecular weight is 555 g/mol. The van der Waals surface area contributed by atoms with Gasteiger partial charge in [-0.15, -0.1) is 0 Å². The van der Waals surface area contributed by atoms with Crippen LogP contribution >= 0.6 is 15.9 Å². The maximum absolute atomic E-state index is 13.6. The van der Waals surface area contributed by atoms with E-state index in [0.717, 1.165) is 15.6 Å². The molecule has 190 valence electrons. The Morgan fingerprint density at radius 2 is 1.50 bits per heavy atom. The van der Waals surface area contributed by atoms with E-state index >= 15 is 0 Å². The number of halogens is 1. The van der Waals surface area contributed by atoms with Gasteiger partial charge < -0.3 is 24.4 Å². The normalized spacial score (nSPS) is 11.3. The number of nitrogens with one attached hydrogen (secondary N) is 1. The van der Waals surface area contributed by atoms with Crippen molar-refractivity contribution in [1.29, 1.82) is 0 Å². The van der Waals surface area contributed by atoms with Crippen molar-refractivity contribution >= 4 is 27.7 Å². The van der Waals surface area contributed by atoms with Crippen molar-refractivity contribution in [2.45, 2.75) is 25.9 Å². The van der Waals surface area contributed by atoms with Crippen LogP contribution in [-0.4, -0.2) is 50.1 Å². The lowest BCUT2D eigenvalue weighted by atomic mass is 10.0. The highest BCUT2D eigenvalue weighted by molar-refractivity contribution is 9.10. The molecule has 0 bridgehead atoms. The van der Waals surface area contributed by atoms with Crippen molar-refractivity contribution in [3.8, 4) is 17.2 Å². The molecule has 7 nitrogen and oxygen atoms in total. The highest BCUT2D eigenvalue weighted by atomic mass is 79.9. The fourth-order valence-corrected chi connectivity index (χ4v) is 3.99. The van der Waals surface area contributed by atoms with Gasteiger partial charge in [0.2, 0.25) is 5.91 Å². The summed E-state index contributed by atoms with van der Waals surface area (Å²) in [5.74, 6) is 1.00. The zero-order valence-corrected chi connectivity index (χ0v) is 22.3. The van der Waals surface area contributed by atoms with Crippen LogP contribution in [0.4, 0.5) is 0 Å². The van der Waals surface area contributed by atoms with E-state index < -0.39 is 6.04 Å². The number of hydrogen-bond acceptors (Lipinski definition) is 5. The van der Waals surface area contributed by atoms with Gasteiger partial charge in [0.25, 0.3) is 5.91 Å². The number of rotatable bonds is 12. The molecule has 0 aliphatic carbocycles. The highest BCUT2D eigenvalue weighted by Crippen LogP contribution is 2.27. The molecule has 0 spiro atoms. The number of hydrogen-bond donors (Lipinski definition) is 1. The fourth-order valence-electron chi connectivity index (χ4n) is 3.73. The minimum absolute atomic E-state index is 0.213. The van der Waals surface area contributed by atoms with E-state index in [1.807, 2.05) is 61.5 Å². The SMILES string of the molecule is CCNC(=O)[C@H](Cc1ccccc1)N(Cc1ccc(Br)cc1)C(=O)COc1cc(OC)cc(OC)c1. The topological polar surface area (TPSA) is 77.1 Å². The second kappa shape index (κ2) is 13.5. The van der Waals surface area contributed by atoms with Crippen LogP contribution in [0.1, 0.15) is 18.1 Å². The molecule has 1 N–H and O–H groups in total. The third-order valence-corrected chi connectivity index (χ3v) is 6.10. The number of methoxy groups -OCH3 is 2. The lowest BCUT2D eigenvalue weighted by molar-refractivity contribution is -0.142. The number of amides is 2. The van der Waals surface area contributed by atoms with E-state index in [4.69, 9.17) is 14.2 Å². The van der Waals surface area contributed by atoms with Crippen molar-refractivity contribution in [3.05, 3.63) is 88.4 Å². The lowest BCUT2D eigenvalue weighted by Gasteiger charge is -2.31. The van der Waals surface area contributed by atoms with Crippen LogP contribution in [0.15, 0.2) is 77.3 Å². The van der Waals surface area contributed by atoms with Crippen molar-refractivity contribution < 1.29 is 23.8 Å². The van der Waals surface area contributed by atoms with Crippen LogP contribution < -0.4 is 19.5 Å². The summed E-state index contributed by atoms with van der Waals surface area (Å²) in [7, 11) is 3.09. The van der Waals surface area contributed by atoms with Crippen molar-refractivity contribution in [2.24, 2.45) is 0 Å². The molecule has 0 saturated heterocycles. The zero-order valence-electron chi connectivity index (χ0n) is 20.7. The molecule has 0 aromatic heterocycles. The van der Waals surface area contributed by atoms with E-state index in [1.54, 1.807) is 37.3 Å². The van der Waals surface area contributed by atoms with Gasteiger partial charge in [0.15, 0.2) is 6.61 Å². The monoisotopic (exact) mass is 554 g/mol. The van der Waals surface area contributed by atoms with E-state index in [-0.39, 0.29) is 25.0 Å². The Kier molecular flexibility index (Phi) is 10.2. The van der Waals surface area contributed by atoms with Crippen molar-refractivity contribution in [1.82, 2.24) is 10.2 Å². The molecule has 3 aromatic rings. The summed E-state index contributed by atoms with van der Waals surface area (Å²) in [4.78, 5) is 28.4. The maximum atomic E-state index is 13.6. The first kappa shape index (κ1) is 27.1. The van der Waals surface area contributed by atoms with Crippen molar-refractivity contribution in [3.63, 3.8) is 0 Å². The average Bonchev–Trinajstić information content (AvgIpc) is 2.90. The molecule has 3 rings (SSSR count). The summed E-state index contributed by atoms with van der Waals surface area (Å²) in [5.41, 5.74) is 1.86. The minimum atomic E-state index is -0.716. The number of likely N-dealkylation sites (N-methyl/N-ethyl adjacent to an activating group) is 1. The molecule has 0 fully saturated rings. The predicted molar refractivity (Wildman–Crippen MR) is 142 cm³/mol. The van der Waals surface area contributed by atoms with Gasteiger partial charge in [-0.2, -0.15) is 0 Å². The minimum Gasteiger partial charge on any atom is -0.496 e. The summed E-state index contributed by atoms with van der Waals surface area (Å²) in [6.07, 6.45) is 0.377. The first-order valence-corrected chi connectivity index (χ1v) is 12.4. The molecule has 1 atom stereocenters. The Balaban J connectivity index is 1.89. The molecule has 36 heavy (non-hydrogen) atoms. The van der Waals surface area contributed by atoms with Gasteiger partial charge in [0.05, 0.1) is 14.2 Å². The number of benzene rings is 3. The molecule has 0 heterocycles. The van der Waals surface area contributed by atoms with Gasteiger partial charge in [-0.1, -0.05) is 58.4 Å². The first-order chi connectivity index (χ1) is 17.4. The van der Waals surface area contributed by atoms with Gasteiger partial charge >= 0.3 is 0 Å². The molecule has 3 aromatic carbocycles. The van der Waals surface area contributed by atoms with Crippen LogP contribution in [0.2, 0.25) is 0 Å². The van der Waals surface area contributed by atoms with Gasteiger partial charge in [-0.25, -0.2) is 0 Å². The van der Waals surface area contributed by atoms with Gasteiger partial charge in [0, 0.05) is 42.2 Å². The second-order valence-corrected chi connectivity index (χ2v) is 9.00. The molecule has 2 amide bonds. The Morgan fingerprint density at radius 3 is 2.08 bits per heavy atom. The summed E-state index contributed by atoms with van der Waals surface area (Å²) in [6.45, 7) is 2.32. The standard InChI is InChI=1S/C28H31BrN2O5/c1-4-30-28(33)26(14-20-8-6-5-7-9-20)31(18-21-10-12-22(29)13-11-21)27(32)19-36-25-16-23(34-2)15-24(17-25)35-3/h5-13,15-17,26H,4,14,18-19H2,1-3H3,(H,30,33)/t26-/m0/s1. The molecule has 0 saturated carbocycles. The highest BCUT2D eigenvalue weighted by Gasteiger charge is 2.30. The van der Waals surface area contributed by atoms with Crippen LogP contribution in [0.5, 0.6) is 17.2 Å². The van der Waals surface area contributed by atoms with Gasteiger partial charge in [-0.05, 0) is 30.2 Å². The number of carbonyl (C=O) groups is 2. The van der Waals surface area contributed by atoms with E-state index in [9.17, 15) is 9.59 Å². The van der Waals surface area contributed by atoms with E-state index in [1.165, 1.54) is 0 Å². The lowest BCUT2D eigenvalue weighted by Crippen LogP contribution is -2.51. The van der Waals surface area contributed by atoms with Crippen LogP contribution in [0, 0.1) is 0 Å². The molecule has 0 radical (unpaired) electrons. The quantitative estimate of drug-likeness (QED) is 0.353. The van der Waals surface area contributed by atoms with Gasteiger partial charge in [0.1, 0.15) is 23.3 Å². The summed E-state index contributed by atoms with van der Waals surface area (Å²) in [5, 5.41) is 2.89. The fraction of sp³-hybridized carbons (Fsp3) is 0.286. The first-order valence-electron chi connectivity index (χ1n) is 11.6. The summed E-state index contributed by atoms with van der Waals surface area (Å²) < 4.78 is 17.4. The Labute approximate surface area is 220 Å². The molecular weight excluding hydrogens is 524 g/mol. The van der Waals surface area contributed by atoms with Crippen molar-refractivity contribution in [2.75, 3.05) is 27.4 Å². The molecule has 8 heteroatoms. The summed E-state index contributed by atoms with van der Waals surface area (Å²) in [6, 6.07) is 21.7. The van der Waals surface area contributed by atoms with Crippen LogP contribution in [-0.2, 0) is 22.6 Å². The third-order valence-electron chi connectivity index (χ3n) is 5.58. The second-order valence-electron chi connectivity index (χ2n) is 8.09. The van der Waals surface area contributed by atoms with E-state index in [2.05, 4.69) is 21.2 Å². The number of nitrogens with zero attached hydrogens (tertiary/aromatic N) is 1. The predicted octanol–water partition coefficient (Wildman–Crippen LogP) is 4.62. The molecule has 0 unspecified atom stereocenters. The summed E-state index contributed by atoms with van der Waals surface area (Å²) >= 11 is 3.45. The Morgan fingerprint density at radius 1 is 0.889 bits per heavy atom. The maximum Gasteiger partial charge on any atom is 0.261 e. The van der Waals surface area contributed by atoms with Crippen LogP contribution in [0.25, 0.3) is 0 Å². The van der Waals surface area contributed by atoms with E-state index in [0.29, 0.717) is 30.2 Å². The molecule has 0 aliphatic heterocycles. The zero-order chi connectivity index (χ0) is 25.9.